The van der Waals surface area contributed by atoms with Crippen LogP contribution in [0.3, 0.4) is 0 Å². The Hall–Kier alpha value is -2.95. The van der Waals surface area contributed by atoms with Crippen molar-refractivity contribution in [2.75, 3.05) is 17.2 Å². The summed E-state index contributed by atoms with van der Waals surface area (Å²) in [6.45, 7) is 2.19. The molecule has 1 aliphatic carbocycles. The first-order valence-corrected chi connectivity index (χ1v) is 9.51. The second-order valence-electron chi connectivity index (χ2n) is 7.52. The minimum absolute atomic E-state index is 0.202. The third-order valence-corrected chi connectivity index (χ3v) is 5.69. The zero-order valence-electron chi connectivity index (χ0n) is 15.5. The van der Waals surface area contributed by atoms with Gasteiger partial charge >= 0.3 is 5.63 Å². The number of nitrogens with two attached hydrogens (primary N) is 3. The minimum atomic E-state index is -0.202. The smallest absolute Gasteiger partial charge is 0.339 e. The highest BCUT2D eigenvalue weighted by Crippen LogP contribution is 2.35. The van der Waals surface area contributed by atoms with Gasteiger partial charge in [0.25, 0.3) is 0 Å². The summed E-state index contributed by atoms with van der Waals surface area (Å²) in [7, 11) is 0. The molecule has 0 fully saturated rings. The Morgan fingerprint density at radius 2 is 1.78 bits per heavy atom. The first-order chi connectivity index (χ1) is 13.0. The largest absolute Gasteiger partial charge is 0.422 e. The molecule has 2 aromatic carbocycles. The van der Waals surface area contributed by atoms with Gasteiger partial charge in [0.15, 0.2) is 0 Å². The molecule has 0 radical (unpaired) electrons. The lowest BCUT2D eigenvalue weighted by molar-refractivity contribution is 0.410. The van der Waals surface area contributed by atoms with Crippen LogP contribution in [0.15, 0.2) is 39.5 Å². The van der Waals surface area contributed by atoms with Crippen molar-refractivity contribution >= 4 is 28.0 Å². The first kappa shape index (κ1) is 17.5. The van der Waals surface area contributed by atoms with E-state index in [9.17, 15) is 4.79 Å². The molecule has 0 aliphatic heterocycles. The summed E-state index contributed by atoms with van der Waals surface area (Å²) >= 11 is 0. The zero-order valence-corrected chi connectivity index (χ0v) is 15.5. The molecular formula is C22H25N3O2. The van der Waals surface area contributed by atoms with Gasteiger partial charge < -0.3 is 21.6 Å². The molecule has 0 bridgehead atoms. The number of benzene rings is 2. The molecule has 0 saturated heterocycles. The Labute approximate surface area is 158 Å². The van der Waals surface area contributed by atoms with E-state index in [1.807, 2.05) is 18.2 Å². The van der Waals surface area contributed by atoms with E-state index in [0.717, 1.165) is 59.7 Å². The summed E-state index contributed by atoms with van der Waals surface area (Å²) in [5.74, 6) is 0.586. The SMILES string of the molecule is CCCC1CCc2c(c(=O)oc3cc(-c4cc(N)c(N)c(N)c4)ccc23)C1. The Balaban J connectivity index is 1.81. The van der Waals surface area contributed by atoms with Gasteiger partial charge in [-0.2, -0.15) is 0 Å². The minimum Gasteiger partial charge on any atom is -0.422 e. The highest BCUT2D eigenvalue weighted by atomic mass is 16.4. The van der Waals surface area contributed by atoms with Gasteiger partial charge in [-0.1, -0.05) is 31.9 Å². The molecule has 6 N–H and O–H groups in total. The molecule has 0 spiro atoms. The van der Waals surface area contributed by atoms with Crippen LogP contribution in [0.2, 0.25) is 0 Å². The highest BCUT2D eigenvalue weighted by Gasteiger charge is 2.24. The number of rotatable bonds is 3. The van der Waals surface area contributed by atoms with E-state index in [0.29, 0.717) is 28.6 Å². The van der Waals surface area contributed by atoms with E-state index in [1.165, 1.54) is 0 Å². The summed E-state index contributed by atoms with van der Waals surface area (Å²) < 4.78 is 5.69. The lowest BCUT2D eigenvalue weighted by Gasteiger charge is -2.24. The average molecular weight is 363 g/mol. The summed E-state index contributed by atoms with van der Waals surface area (Å²) in [5.41, 5.74) is 23.2. The molecule has 1 aliphatic rings. The van der Waals surface area contributed by atoms with E-state index in [2.05, 4.69) is 6.92 Å². The van der Waals surface area contributed by atoms with Gasteiger partial charge in [0.1, 0.15) is 5.58 Å². The van der Waals surface area contributed by atoms with E-state index in [4.69, 9.17) is 21.6 Å². The van der Waals surface area contributed by atoms with Gasteiger partial charge in [-0.15, -0.1) is 0 Å². The van der Waals surface area contributed by atoms with Crippen LogP contribution in [0, 0.1) is 5.92 Å². The van der Waals surface area contributed by atoms with Gasteiger partial charge in [0.2, 0.25) is 0 Å². The Kier molecular flexibility index (Phi) is 4.30. The lowest BCUT2D eigenvalue weighted by atomic mass is 9.81. The van der Waals surface area contributed by atoms with E-state index >= 15 is 0 Å². The van der Waals surface area contributed by atoms with Crippen LogP contribution in [0.25, 0.3) is 22.1 Å². The van der Waals surface area contributed by atoms with Crippen LogP contribution in [0.1, 0.15) is 37.3 Å². The number of nitrogen functional groups attached to an aromatic ring is 3. The van der Waals surface area contributed by atoms with Crippen LogP contribution in [-0.4, -0.2) is 0 Å². The molecule has 1 atom stereocenters. The number of fused-ring (bicyclic) bond motifs is 3. The molecule has 5 nitrogen and oxygen atoms in total. The summed E-state index contributed by atoms with van der Waals surface area (Å²) in [6, 6.07) is 9.53. The Morgan fingerprint density at radius 1 is 1.04 bits per heavy atom. The summed E-state index contributed by atoms with van der Waals surface area (Å²) in [4.78, 5) is 12.6. The number of hydrogen-bond acceptors (Lipinski definition) is 5. The van der Waals surface area contributed by atoms with Crippen molar-refractivity contribution < 1.29 is 4.42 Å². The van der Waals surface area contributed by atoms with Crippen molar-refractivity contribution in [2.24, 2.45) is 5.92 Å². The number of anilines is 3. The molecule has 1 heterocycles. The predicted molar refractivity (Wildman–Crippen MR) is 112 cm³/mol. The van der Waals surface area contributed by atoms with Crippen molar-refractivity contribution in [3.63, 3.8) is 0 Å². The number of aryl methyl sites for hydroxylation is 1. The predicted octanol–water partition coefficient (Wildman–Crippen LogP) is 4.11. The summed E-state index contributed by atoms with van der Waals surface area (Å²) in [5, 5.41) is 1.03. The van der Waals surface area contributed by atoms with Crippen molar-refractivity contribution in [1.29, 1.82) is 0 Å². The van der Waals surface area contributed by atoms with E-state index in [1.54, 1.807) is 12.1 Å². The van der Waals surface area contributed by atoms with Crippen LogP contribution < -0.4 is 22.8 Å². The topological polar surface area (TPSA) is 108 Å². The van der Waals surface area contributed by atoms with Crippen molar-refractivity contribution in [3.05, 3.63) is 51.9 Å². The fourth-order valence-corrected chi connectivity index (χ4v) is 4.23. The monoisotopic (exact) mass is 363 g/mol. The molecule has 3 aromatic rings. The molecular weight excluding hydrogens is 338 g/mol. The van der Waals surface area contributed by atoms with Gasteiger partial charge in [-0.05, 0) is 60.1 Å². The fraction of sp³-hybridized carbons (Fsp3) is 0.318. The van der Waals surface area contributed by atoms with Crippen molar-refractivity contribution in [3.8, 4) is 11.1 Å². The quantitative estimate of drug-likeness (QED) is 0.479. The molecule has 0 amide bonds. The van der Waals surface area contributed by atoms with Gasteiger partial charge in [0.05, 0.1) is 17.1 Å². The second-order valence-corrected chi connectivity index (χ2v) is 7.52. The Morgan fingerprint density at radius 3 is 2.48 bits per heavy atom. The molecule has 4 rings (SSSR count). The highest BCUT2D eigenvalue weighted by molar-refractivity contribution is 5.89. The second kappa shape index (κ2) is 6.65. The standard InChI is InChI=1S/C22H25N3O2/c1-2-3-12-4-6-15-16-7-5-13(11-20(16)27-22(26)17(15)8-12)14-9-18(23)21(25)19(24)10-14/h5,7,9-12H,2-4,6,8,23-25H2,1H3. The van der Waals surface area contributed by atoms with Crippen LogP contribution >= 0.6 is 0 Å². The van der Waals surface area contributed by atoms with Crippen LogP contribution in [0.5, 0.6) is 0 Å². The van der Waals surface area contributed by atoms with Crippen LogP contribution in [0.4, 0.5) is 17.1 Å². The molecule has 1 unspecified atom stereocenters. The maximum absolute atomic E-state index is 12.6. The molecule has 0 saturated carbocycles. The molecule has 5 heteroatoms. The van der Waals surface area contributed by atoms with Crippen molar-refractivity contribution in [2.45, 2.75) is 39.0 Å². The molecule has 140 valence electrons. The van der Waals surface area contributed by atoms with Gasteiger partial charge in [-0.3, -0.25) is 0 Å². The third kappa shape index (κ3) is 3.03. The van der Waals surface area contributed by atoms with Crippen molar-refractivity contribution in [1.82, 2.24) is 0 Å². The maximum atomic E-state index is 12.6. The Bertz CT molecular complexity index is 1060. The van der Waals surface area contributed by atoms with Crippen LogP contribution in [-0.2, 0) is 12.8 Å². The van der Waals surface area contributed by atoms with E-state index in [-0.39, 0.29) is 5.63 Å². The zero-order chi connectivity index (χ0) is 19.1. The fourth-order valence-electron chi connectivity index (χ4n) is 4.23. The third-order valence-electron chi connectivity index (χ3n) is 5.69. The van der Waals surface area contributed by atoms with E-state index < -0.39 is 0 Å². The maximum Gasteiger partial charge on any atom is 0.339 e. The average Bonchev–Trinajstić information content (AvgIpc) is 2.66. The first-order valence-electron chi connectivity index (χ1n) is 9.51. The molecule has 1 aromatic heterocycles. The normalized spacial score (nSPS) is 16.4. The van der Waals surface area contributed by atoms with Gasteiger partial charge in [-0.25, -0.2) is 4.79 Å². The number of hydrogen-bond donors (Lipinski definition) is 3. The molecule has 27 heavy (non-hydrogen) atoms. The lowest BCUT2D eigenvalue weighted by Crippen LogP contribution is -2.22. The van der Waals surface area contributed by atoms with Gasteiger partial charge in [0, 0.05) is 10.9 Å². The summed E-state index contributed by atoms with van der Waals surface area (Å²) in [6.07, 6.45) is 5.20.